The van der Waals surface area contributed by atoms with E-state index >= 15 is 0 Å². The van der Waals surface area contributed by atoms with Crippen LogP contribution >= 0.6 is 23.2 Å². The Balaban J connectivity index is 2.34. The van der Waals surface area contributed by atoms with Gasteiger partial charge in [0.1, 0.15) is 0 Å². The van der Waals surface area contributed by atoms with E-state index in [-0.39, 0.29) is 11.9 Å². The molecule has 2 rings (SSSR count). The Bertz CT molecular complexity index is 481. The number of rotatable bonds is 2. The quantitative estimate of drug-likeness (QED) is 0.840. The predicted octanol–water partition coefficient (Wildman–Crippen LogP) is 3.98. The molecule has 1 saturated heterocycles. The SMILES string of the molecule is CCC1CCC(C)N1C(=O)c1cc(Cl)c(N)c(Cl)c1. The molecule has 0 bridgehead atoms. The van der Waals surface area contributed by atoms with Crippen molar-refractivity contribution in [2.75, 3.05) is 5.73 Å². The molecular formula is C14H18Cl2N2O. The highest BCUT2D eigenvalue weighted by Gasteiger charge is 2.33. The van der Waals surface area contributed by atoms with Gasteiger partial charge in [-0.05, 0) is 38.3 Å². The Kier molecular flexibility index (Phi) is 4.26. The summed E-state index contributed by atoms with van der Waals surface area (Å²) in [5.41, 5.74) is 6.53. The molecule has 1 amide bonds. The van der Waals surface area contributed by atoms with Crippen molar-refractivity contribution in [3.05, 3.63) is 27.7 Å². The van der Waals surface area contributed by atoms with Crippen molar-refractivity contribution >= 4 is 34.8 Å². The molecule has 1 aliphatic rings. The van der Waals surface area contributed by atoms with E-state index in [1.807, 2.05) is 4.90 Å². The van der Waals surface area contributed by atoms with Crippen molar-refractivity contribution in [2.24, 2.45) is 0 Å². The van der Waals surface area contributed by atoms with Crippen molar-refractivity contribution in [3.8, 4) is 0 Å². The number of benzene rings is 1. The number of carbonyl (C=O) groups excluding carboxylic acids is 1. The van der Waals surface area contributed by atoms with Gasteiger partial charge in [-0.15, -0.1) is 0 Å². The summed E-state index contributed by atoms with van der Waals surface area (Å²) in [6, 6.07) is 3.76. The molecule has 104 valence electrons. The molecule has 19 heavy (non-hydrogen) atoms. The lowest BCUT2D eigenvalue weighted by Gasteiger charge is -2.28. The van der Waals surface area contributed by atoms with Gasteiger partial charge in [0.05, 0.1) is 15.7 Å². The van der Waals surface area contributed by atoms with Gasteiger partial charge in [-0.2, -0.15) is 0 Å². The van der Waals surface area contributed by atoms with Crippen molar-refractivity contribution in [2.45, 2.75) is 45.2 Å². The Morgan fingerprint density at radius 1 is 1.37 bits per heavy atom. The van der Waals surface area contributed by atoms with Crippen molar-refractivity contribution < 1.29 is 4.79 Å². The fourth-order valence-electron chi connectivity index (χ4n) is 2.70. The molecule has 2 N–H and O–H groups in total. The third kappa shape index (κ3) is 2.67. The zero-order valence-corrected chi connectivity index (χ0v) is 12.6. The first kappa shape index (κ1) is 14.5. The minimum Gasteiger partial charge on any atom is -0.396 e. The van der Waals surface area contributed by atoms with Crippen LogP contribution in [0.4, 0.5) is 5.69 Å². The fourth-order valence-corrected chi connectivity index (χ4v) is 3.18. The van der Waals surface area contributed by atoms with Gasteiger partial charge < -0.3 is 10.6 Å². The van der Waals surface area contributed by atoms with Crippen LogP contribution in [0.25, 0.3) is 0 Å². The maximum Gasteiger partial charge on any atom is 0.254 e. The molecule has 2 unspecified atom stereocenters. The molecule has 1 aliphatic heterocycles. The Morgan fingerprint density at radius 2 is 1.95 bits per heavy atom. The van der Waals surface area contributed by atoms with Crippen LogP contribution in [0, 0.1) is 0 Å². The minimum atomic E-state index is -0.0133. The summed E-state index contributed by atoms with van der Waals surface area (Å²) in [5, 5.41) is 0.659. The Morgan fingerprint density at radius 3 is 2.47 bits per heavy atom. The summed E-state index contributed by atoms with van der Waals surface area (Å²) < 4.78 is 0. The number of likely N-dealkylation sites (tertiary alicyclic amines) is 1. The number of hydrogen-bond donors (Lipinski definition) is 1. The second kappa shape index (κ2) is 5.59. The van der Waals surface area contributed by atoms with Gasteiger partial charge in [0.15, 0.2) is 0 Å². The van der Waals surface area contributed by atoms with E-state index in [0.717, 1.165) is 19.3 Å². The molecule has 0 saturated carbocycles. The fraction of sp³-hybridized carbons (Fsp3) is 0.500. The highest BCUT2D eigenvalue weighted by molar-refractivity contribution is 6.39. The van der Waals surface area contributed by atoms with Gasteiger partial charge in [0.2, 0.25) is 0 Å². The average molecular weight is 301 g/mol. The molecule has 0 spiro atoms. The van der Waals surface area contributed by atoms with Gasteiger partial charge in [-0.1, -0.05) is 30.1 Å². The van der Waals surface area contributed by atoms with Crippen LogP contribution in [-0.4, -0.2) is 22.9 Å². The van der Waals surface area contributed by atoms with Gasteiger partial charge in [-0.25, -0.2) is 0 Å². The molecule has 2 atom stereocenters. The maximum absolute atomic E-state index is 12.6. The zero-order chi connectivity index (χ0) is 14.2. The third-order valence-electron chi connectivity index (χ3n) is 3.82. The predicted molar refractivity (Wildman–Crippen MR) is 79.8 cm³/mol. The molecule has 0 aliphatic carbocycles. The summed E-state index contributed by atoms with van der Waals surface area (Å²) >= 11 is 12.0. The number of nitrogen functional groups attached to an aromatic ring is 1. The molecule has 5 heteroatoms. The molecule has 0 radical (unpaired) electrons. The van der Waals surface area contributed by atoms with Crippen LogP contribution in [-0.2, 0) is 0 Å². The number of halogens is 2. The van der Waals surface area contributed by atoms with Crippen LogP contribution in [0.15, 0.2) is 12.1 Å². The monoisotopic (exact) mass is 300 g/mol. The topological polar surface area (TPSA) is 46.3 Å². The molecule has 1 aromatic carbocycles. The first-order valence-corrected chi connectivity index (χ1v) is 7.28. The van der Waals surface area contributed by atoms with Crippen LogP contribution in [0.1, 0.15) is 43.5 Å². The lowest BCUT2D eigenvalue weighted by molar-refractivity contribution is 0.0676. The Labute approximate surface area is 123 Å². The molecular weight excluding hydrogens is 283 g/mol. The van der Waals surface area contributed by atoms with Crippen LogP contribution in [0.3, 0.4) is 0 Å². The van der Waals surface area contributed by atoms with Crippen LogP contribution in [0.2, 0.25) is 10.0 Å². The first-order valence-electron chi connectivity index (χ1n) is 6.52. The van der Waals surface area contributed by atoms with E-state index in [0.29, 0.717) is 27.3 Å². The normalized spacial score (nSPS) is 22.8. The number of nitrogens with zero attached hydrogens (tertiary/aromatic N) is 1. The lowest BCUT2D eigenvalue weighted by Crippen LogP contribution is -2.39. The first-order chi connectivity index (χ1) is 8.95. The largest absolute Gasteiger partial charge is 0.396 e. The molecule has 0 aromatic heterocycles. The summed E-state index contributed by atoms with van der Waals surface area (Å²) in [7, 11) is 0. The highest BCUT2D eigenvalue weighted by atomic mass is 35.5. The standard InChI is InChI=1S/C14H18Cl2N2O/c1-3-10-5-4-8(2)18(10)14(19)9-6-11(15)13(17)12(16)7-9/h6-8,10H,3-5,17H2,1-2H3. The molecule has 1 heterocycles. The summed E-state index contributed by atoms with van der Waals surface area (Å²) in [5.74, 6) is -0.0133. The highest BCUT2D eigenvalue weighted by Crippen LogP contribution is 2.32. The molecule has 1 aromatic rings. The smallest absolute Gasteiger partial charge is 0.254 e. The second-order valence-corrected chi connectivity index (χ2v) is 5.87. The molecule has 1 fully saturated rings. The second-order valence-electron chi connectivity index (χ2n) is 5.05. The summed E-state index contributed by atoms with van der Waals surface area (Å²) in [4.78, 5) is 14.6. The van der Waals surface area contributed by atoms with Crippen LogP contribution < -0.4 is 5.73 Å². The van der Waals surface area contributed by atoms with E-state index in [9.17, 15) is 4.79 Å². The Hall–Kier alpha value is -0.930. The van der Waals surface area contributed by atoms with E-state index in [2.05, 4.69) is 13.8 Å². The number of amides is 1. The lowest BCUT2D eigenvalue weighted by atomic mass is 10.1. The average Bonchev–Trinajstić information content (AvgIpc) is 2.75. The number of hydrogen-bond acceptors (Lipinski definition) is 2. The third-order valence-corrected chi connectivity index (χ3v) is 4.44. The van der Waals surface area contributed by atoms with E-state index in [1.54, 1.807) is 12.1 Å². The number of anilines is 1. The van der Waals surface area contributed by atoms with E-state index in [4.69, 9.17) is 28.9 Å². The van der Waals surface area contributed by atoms with Crippen molar-refractivity contribution in [1.82, 2.24) is 4.90 Å². The zero-order valence-electron chi connectivity index (χ0n) is 11.1. The minimum absolute atomic E-state index is 0.0133. The van der Waals surface area contributed by atoms with Gasteiger partial charge in [0.25, 0.3) is 5.91 Å². The van der Waals surface area contributed by atoms with Crippen molar-refractivity contribution in [1.29, 1.82) is 0 Å². The van der Waals surface area contributed by atoms with Gasteiger partial charge in [0, 0.05) is 17.6 Å². The van der Waals surface area contributed by atoms with E-state index in [1.165, 1.54) is 0 Å². The van der Waals surface area contributed by atoms with Gasteiger partial charge in [-0.3, -0.25) is 4.79 Å². The van der Waals surface area contributed by atoms with Gasteiger partial charge >= 0.3 is 0 Å². The summed E-state index contributed by atoms with van der Waals surface area (Å²) in [6.45, 7) is 4.18. The molecule has 3 nitrogen and oxygen atoms in total. The van der Waals surface area contributed by atoms with Crippen LogP contribution in [0.5, 0.6) is 0 Å². The summed E-state index contributed by atoms with van der Waals surface area (Å²) in [6.07, 6.45) is 3.06. The number of carbonyl (C=O) groups is 1. The van der Waals surface area contributed by atoms with E-state index < -0.39 is 0 Å². The maximum atomic E-state index is 12.6. The number of nitrogens with two attached hydrogens (primary N) is 1. The van der Waals surface area contributed by atoms with Crippen molar-refractivity contribution in [3.63, 3.8) is 0 Å².